The molecule has 1 fully saturated rings. The molecule has 0 radical (unpaired) electrons. The third-order valence-electron chi connectivity index (χ3n) is 3.44. The zero-order chi connectivity index (χ0) is 12.3. The van der Waals surface area contributed by atoms with Crippen molar-refractivity contribution in [3.63, 3.8) is 0 Å². The number of aliphatic hydroxyl groups excluding tert-OH is 2. The van der Waals surface area contributed by atoms with Gasteiger partial charge < -0.3 is 15.1 Å². The molecule has 1 saturated carbocycles. The molecule has 1 aliphatic rings. The molecule has 3 nitrogen and oxygen atoms in total. The Balaban J connectivity index is 1.78. The lowest BCUT2D eigenvalue weighted by Gasteiger charge is -2.34. The van der Waals surface area contributed by atoms with E-state index in [1.165, 1.54) is 5.56 Å². The highest BCUT2D eigenvalue weighted by atomic mass is 16.3. The van der Waals surface area contributed by atoms with E-state index >= 15 is 0 Å². The Labute approximate surface area is 103 Å². The van der Waals surface area contributed by atoms with Crippen molar-refractivity contribution in [2.75, 3.05) is 13.6 Å². The van der Waals surface area contributed by atoms with Gasteiger partial charge in [-0.25, -0.2) is 0 Å². The van der Waals surface area contributed by atoms with Gasteiger partial charge in [-0.15, -0.1) is 0 Å². The molecule has 94 valence electrons. The molecule has 2 rings (SSSR count). The molecule has 0 spiro atoms. The van der Waals surface area contributed by atoms with E-state index in [4.69, 9.17) is 5.11 Å². The first-order chi connectivity index (χ1) is 8.17. The van der Waals surface area contributed by atoms with Gasteiger partial charge in [0.15, 0.2) is 0 Å². The molecule has 2 N–H and O–H groups in total. The van der Waals surface area contributed by atoms with Crippen LogP contribution in [0.25, 0.3) is 0 Å². The van der Waals surface area contributed by atoms with E-state index in [1.807, 2.05) is 12.1 Å². The van der Waals surface area contributed by atoms with Gasteiger partial charge in [-0.1, -0.05) is 24.3 Å². The smallest absolute Gasteiger partial charge is 0.0681 e. The summed E-state index contributed by atoms with van der Waals surface area (Å²) in [5, 5.41) is 18.2. The maximum atomic E-state index is 9.24. The van der Waals surface area contributed by atoms with E-state index in [-0.39, 0.29) is 12.7 Å². The van der Waals surface area contributed by atoms with Crippen LogP contribution in [0.2, 0.25) is 0 Å². The number of hydrogen-bond donors (Lipinski definition) is 2. The minimum atomic E-state index is -0.0581. The van der Waals surface area contributed by atoms with Gasteiger partial charge in [0.25, 0.3) is 0 Å². The lowest BCUT2D eigenvalue weighted by Crippen LogP contribution is -2.36. The number of rotatable bonds is 5. The normalized spacial score (nSPS) is 23.8. The third-order valence-corrected chi connectivity index (χ3v) is 3.44. The second kappa shape index (κ2) is 5.63. The highest BCUT2D eigenvalue weighted by Gasteiger charge is 2.27. The molecule has 3 heteroatoms. The van der Waals surface area contributed by atoms with Crippen LogP contribution < -0.4 is 0 Å². The Hall–Kier alpha value is -0.900. The van der Waals surface area contributed by atoms with Gasteiger partial charge in [0.1, 0.15) is 0 Å². The van der Waals surface area contributed by atoms with E-state index in [2.05, 4.69) is 24.1 Å². The highest BCUT2D eigenvalue weighted by Crippen LogP contribution is 2.27. The number of benzene rings is 1. The van der Waals surface area contributed by atoms with Crippen LogP contribution >= 0.6 is 0 Å². The molecule has 1 aromatic carbocycles. The van der Waals surface area contributed by atoms with Crippen molar-refractivity contribution in [3.8, 4) is 0 Å². The molecule has 17 heavy (non-hydrogen) atoms. The summed E-state index contributed by atoms with van der Waals surface area (Å²) in [5.41, 5.74) is 2.23. The summed E-state index contributed by atoms with van der Waals surface area (Å²) in [4.78, 5) is 2.30. The minimum Gasteiger partial charge on any atom is -0.393 e. The van der Waals surface area contributed by atoms with Crippen molar-refractivity contribution in [3.05, 3.63) is 35.4 Å². The summed E-state index contributed by atoms with van der Waals surface area (Å²) in [6.07, 6.45) is 1.85. The first kappa shape index (κ1) is 12.6. The van der Waals surface area contributed by atoms with Gasteiger partial charge in [-0.05, 0) is 36.9 Å². The monoisotopic (exact) mass is 235 g/mol. The van der Waals surface area contributed by atoms with Gasteiger partial charge in [0.2, 0.25) is 0 Å². The molecule has 1 aliphatic carbocycles. The first-order valence-electron chi connectivity index (χ1n) is 6.22. The Morgan fingerprint density at radius 3 is 2.29 bits per heavy atom. The zero-order valence-corrected chi connectivity index (χ0v) is 10.3. The first-order valence-corrected chi connectivity index (χ1v) is 6.22. The second-order valence-corrected chi connectivity index (χ2v) is 5.16. The summed E-state index contributed by atoms with van der Waals surface area (Å²) in [7, 11) is 2.12. The maximum absolute atomic E-state index is 9.24. The Kier molecular flexibility index (Phi) is 4.15. The fourth-order valence-electron chi connectivity index (χ4n) is 2.42. The standard InChI is InChI=1S/C14H21NO2/c1-15(9-13-6-14(17)7-13)8-11-2-4-12(10-16)5-3-11/h2-5,13-14,16-17H,6-10H2,1H3. The van der Waals surface area contributed by atoms with Crippen LogP contribution in [0.4, 0.5) is 0 Å². The van der Waals surface area contributed by atoms with Crippen LogP contribution in [0.15, 0.2) is 24.3 Å². The number of aliphatic hydroxyl groups is 2. The number of nitrogens with zero attached hydrogens (tertiary/aromatic N) is 1. The van der Waals surface area contributed by atoms with E-state index < -0.39 is 0 Å². The Morgan fingerprint density at radius 1 is 1.18 bits per heavy atom. The largest absolute Gasteiger partial charge is 0.393 e. The topological polar surface area (TPSA) is 43.7 Å². The average Bonchev–Trinajstić information content (AvgIpc) is 2.28. The van der Waals surface area contributed by atoms with Crippen molar-refractivity contribution >= 4 is 0 Å². The molecular weight excluding hydrogens is 214 g/mol. The fraction of sp³-hybridized carbons (Fsp3) is 0.571. The van der Waals surface area contributed by atoms with Gasteiger partial charge in [-0.3, -0.25) is 0 Å². The average molecular weight is 235 g/mol. The van der Waals surface area contributed by atoms with Crippen LogP contribution in [0.3, 0.4) is 0 Å². The van der Waals surface area contributed by atoms with Gasteiger partial charge >= 0.3 is 0 Å². The maximum Gasteiger partial charge on any atom is 0.0681 e. The SMILES string of the molecule is CN(Cc1ccc(CO)cc1)CC1CC(O)C1. The second-order valence-electron chi connectivity index (χ2n) is 5.16. The molecule has 1 aromatic rings. The molecule has 0 unspecified atom stereocenters. The predicted molar refractivity (Wildman–Crippen MR) is 67.4 cm³/mol. The zero-order valence-electron chi connectivity index (χ0n) is 10.3. The van der Waals surface area contributed by atoms with Crippen LogP contribution in [0, 0.1) is 5.92 Å². The number of hydrogen-bond acceptors (Lipinski definition) is 3. The van der Waals surface area contributed by atoms with E-state index in [1.54, 1.807) is 0 Å². The molecule has 0 saturated heterocycles. The molecule has 0 aliphatic heterocycles. The lowest BCUT2D eigenvalue weighted by molar-refractivity contribution is 0.0274. The van der Waals surface area contributed by atoms with Gasteiger partial charge in [-0.2, -0.15) is 0 Å². The Bertz CT molecular complexity index is 344. The predicted octanol–water partition coefficient (Wildman–Crippen LogP) is 1.38. The van der Waals surface area contributed by atoms with E-state index in [0.29, 0.717) is 5.92 Å². The van der Waals surface area contributed by atoms with Crippen LogP contribution in [0.5, 0.6) is 0 Å². The quantitative estimate of drug-likeness (QED) is 0.810. The summed E-state index contributed by atoms with van der Waals surface area (Å²) in [5.74, 6) is 0.659. The van der Waals surface area contributed by atoms with E-state index in [0.717, 1.165) is 31.5 Å². The summed E-state index contributed by atoms with van der Waals surface area (Å²) >= 11 is 0. The summed E-state index contributed by atoms with van der Waals surface area (Å²) in [6.45, 7) is 2.09. The van der Waals surface area contributed by atoms with Crippen LogP contribution in [-0.4, -0.2) is 34.8 Å². The van der Waals surface area contributed by atoms with E-state index in [9.17, 15) is 5.11 Å². The van der Waals surface area contributed by atoms with Gasteiger partial charge in [0, 0.05) is 13.1 Å². The van der Waals surface area contributed by atoms with Crippen molar-refractivity contribution in [1.29, 1.82) is 0 Å². The summed E-state index contributed by atoms with van der Waals surface area (Å²) < 4.78 is 0. The molecule has 0 bridgehead atoms. The van der Waals surface area contributed by atoms with Crippen LogP contribution in [-0.2, 0) is 13.2 Å². The van der Waals surface area contributed by atoms with Crippen molar-refractivity contribution < 1.29 is 10.2 Å². The fourth-order valence-corrected chi connectivity index (χ4v) is 2.42. The van der Waals surface area contributed by atoms with Crippen molar-refractivity contribution in [2.45, 2.75) is 32.1 Å². The lowest BCUT2D eigenvalue weighted by atomic mass is 9.82. The molecule has 0 atom stereocenters. The molecule has 0 aromatic heterocycles. The highest BCUT2D eigenvalue weighted by molar-refractivity contribution is 5.21. The molecule has 0 heterocycles. The minimum absolute atomic E-state index is 0.0581. The van der Waals surface area contributed by atoms with Crippen molar-refractivity contribution in [2.24, 2.45) is 5.92 Å². The Morgan fingerprint density at radius 2 is 1.76 bits per heavy atom. The van der Waals surface area contributed by atoms with Crippen molar-refractivity contribution in [1.82, 2.24) is 4.90 Å². The van der Waals surface area contributed by atoms with Crippen LogP contribution in [0.1, 0.15) is 24.0 Å². The summed E-state index contributed by atoms with van der Waals surface area (Å²) in [6, 6.07) is 8.07. The third kappa shape index (κ3) is 3.53. The van der Waals surface area contributed by atoms with Gasteiger partial charge in [0.05, 0.1) is 12.7 Å². The molecule has 0 amide bonds. The molecular formula is C14H21NO2.